The van der Waals surface area contributed by atoms with E-state index < -0.39 is 186 Å². The van der Waals surface area contributed by atoms with Crippen molar-refractivity contribution in [3.8, 4) is 17.2 Å². The number of ketones is 1. The van der Waals surface area contributed by atoms with Gasteiger partial charge in [-0.2, -0.15) is 0 Å². The third-order valence-corrected chi connectivity index (χ3v) is 28.7. The predicted octanol–water partition coefficient (Wildman–Crippen LogP) is 5.71. The number of halogens is 1. The molecule has 15 N–H and O–H groups in total. The lowest BCUT2D eigenvalue weighted by Crippen LogP contribution is -2.62. The number of nitrogens with zero attached hydrogens (tertiary/aromatic N) is 2. The van der Waals surface area contributed by atoms with E-state index in [-0.39, 0.29) is 99.1 Å². The molecule has 4 bridgehead atoms. The zero-order valence-electron chi connectivity index (χ0n) is 73.4. The second-order valence-corrected chi connectivity index (χ2v) is 38.8. The van der Waals surface area contributed by atoms with Crippen LogP contribution in [0.15, 0.2) is 115 Å². The molecular formula is C90H119ClN10O23S4. The Morgan fingerprint density at radius 3 is 2.22 bits per heavy atom. The van der Waals surface area contributed by atoms with Crippen molar-refractivity contribution in [2.45, 2.75) is 228 Å². The van der Waals surface area contributed by atoms with E-state index in [1.165, 1.54) is 78.6 Å². The molecule has 8 amide bonds. The second kappa shape index (κ2) is 48.1. The molecule has 5 aliphatic rings. The number of aliphatic hydroxyl groups excluding tert-OH is 2. The number of nitrogens with two attached hydrogens (primary N) is 2. The minimum absolute atomic E-state index is 0.0127. The van der Waals surface area contributed by atoms with Crippen LogP contribution < -0.4 is 57.7 Å². The lowest BCUT2D eigenvalue weighted by Gasteiger charge is -2.42. The van der Waals surface area contributed by atoms with Gasteiger partial charge in [-0.1, -0.05) is 140 Å². The average molecular weight is 1870 g/mol. The van der Waals surface area contributed by atoms with E-state index in [1.54, 1.807) is 69.4 Å². The molecule has 3 saturated heterocycles. The number of nitrogens with one attached hydrogen (secondary N) is 6. The number of fused-ring (bicyclic) bond motifs is 6. The summed E-state index contributed by atoms with van der Waals surface area (Å²) in [4.78, 5) is 173. The molecule has 38 heteroatoms. The lowest BCUT2D eigenvalue weighted by atomic mass is 9.78. The van der Waals surface area contributed by atoms with Crippen molar-refractivity contribution >= 4 is 137 Å². The average Bonchev–Trinajstić information content (AvgIpc) is 1.56. The van der Waals surface area contributed by atoms with Gasteiger partial charge >= 0.3 is 17.9 Å². The molecule has 0 spiro atoms. The van der Waals surface area contributed by atoms with Crippen LogP contribution in [-0.2, 0) is 102 Å². The molecule has 18 atom stereocenters. The number of hydrogen-bond donors (Lipinski definition) is 13. The van der Waals surface area contributed by atoms with Crippen LogP contribution in [0.4, 0.5) is 5.69 Å². The van der Waals surface area contributed by atoms with Gasteiger partial charge in [0.1, 0.15) is 75.9 Å². The van der Waals surface area contributed by atoms with Gasteiger partial charge in [-0.15, -0.1) is 0 Å². The summed E-state index contributed by atoms with van der Waals surface area (Å²) in [6.45, 7) is 9.72. The number of carbonyl (C=O) groups excluding carboxylic acids is 11. The minimum atomic E-state index is -1.87. The van der Waals surface area contributed by atoms with Crippen molar-refractivity contribution in [1.29, 1.82) is 0 Å². The first-order valence-corrected chi connectivity index (χ1v) is 47.9. The van der Waals surface area contributed by atoms with Crippen molar-refractivity contribution in [3.63, 3.8) is 0 Å². The number of carboxylic acids is 1. The molecule has 4 aromatic rings. The molecule has 698 valence electrons. The van der Waals surface area contributed by atoms with Crippen molar-refractivity contribution in [2.24, 2.45) is 23.3 Å². The Morgan fingerprint density at radius 1 is 0.844 bits per heavy atom. The first-order chi connectivity index (χ1) is 60.8. The number of anilines is 1. The fourth-order valence-electron chi connectivity index (χ4n) is 15.7. The van der Waals surface area contributed by atoms with Crippen LogP contribution in [0.5, 0.6) is 17.2 Å². The summed E-state index contributed by atoms with van der Waals surface area (Å²) in [6.07, 6.45) is 1.03. The van der Waals surface area contributed by atoms with Crippen LogP contribution >= 0.6 is 54.8 Å². The maximum Gasteiger partial charge on any atom is 0.328 e. The monoisotopic (exact) mass is 1870 g/mol. The van der Waals surface area contributed by atoms with Gasteiger partial charge in [0.25, 0.3) is 0 Å². The first kappa shape index (κ1) is 102. The summed E-state index contributed by atoms with van der Waals surface area (Å²) in [5.41, 5.74) is 15.2. The molecule has 3 fully saturated rings. The summed E-state index contributed by atoms with van der Waals surface area (Å²) in [5, 5.41) is 69.6. The molecule has 0 saturated carbocycles. The van der Waals surface area contributed by atoms with Gasteiger partial charge in [-0.05, 0) is 162 Å². The predicted molar refractivity (Wildman–Crippen MR) is 488 cm³/mol. The Bertz CT molecular complexity index is 4700. The summed E-state index contributed by atoms with van der Waals surface area (Å²) in [6, 6.07) is 11.8. The third-order valence-electron chi connectivity index (χ3n) is 23.5. The molecule has 0 aromatic heterocycles. The number of rotatable bonds is 30. The van der Waals surface area contributed by atoms with Gasteiger partial charge in [0.15, 0.2) is 11.8 Å². The highest BCUT2D eigenvalue weighted by atomic mass is 35.5. The van der Waals surface area contributed by atoms with Crippen LogP contribution in [-0.4, -0.2) is 262 Å². The highest BCUT2D eigenvalue weighted by Crippen LogP contribution is 2.50. The van der Waals surface area contributed by atoms with E-state index in [9.17, 15) is 73.5 Å². The number of hydrogen-bond acceptors (Lipinski definition) is 28. The zero-order chi connectivity index (χ0) is 93.4. The van der Waals surface area contributed by atoms with Crippen LogP contribution in [0.25, 0.3) is 5.57 Å². The molecule has 128 heavy (non-hydrogen) atoms. The highest BCUT2D eigenvalue weighted by molar-refractivity contribution is 8.77. The maximum absolute atomic E-state index is 15.2. The highest BCUT2D eigenvalue weighted by Gasteiger charge is 2.65. The van der Waals surface area contributed by atoms with Crippen LogP contribution in [0, 0.1) is 11.8 Å². The van der Waals surface area contributed by atoms with Gasteiger partial charge in [0, 0.05) is 81.7 Å². The third kappa shape index (κ3) is 28.4. The number of phenols is 1. The van der Waals surface area contributed by atoms with Gasteiger partial charge in [-0.25, -0.2) is 9.59 Å². The maximum atomic E-state index is 15.2. The number of amides is 8. The molecule has 1 aliphatic carbocycles. The standard InChI is InChI=1S/C90H119ClN10O23S4/c1-49-17-11-14-21-72(120-10)90(118)45-71(122-76(108)46-90)50(2)80-89(6,124-80)73(44-75(107)101(8)68-40-56(37-49)41-70(119-9)77(68)91)123-88(117)51(3)100(7)74(106)32-35-125-126-36-34-121-61-30-24-55(25-31-61)39-63(93)82(110)96-66-47-127-128-48-67(85(113)99-79(53(5)103)87(115)116)97-86(114)78(52(4)102)98-83(111)64(20-15-16-33-92)94-84(112)65(42-58-27-26-57-18-12-13-19-62(57)58)95-81(109)59(43-69(66)105)38-54-22-28-60(104)29-23-54/h11-14,17-19,22-25,27-31,40-41,50-53,59,63-67,71-73,78-80,102-104,118H,15-16,20-21,26,32-39,42-48,92-93H2,1-10H3,(H,94,112)(H,95,109)(H,96,110)(H,97,114)(H,98,111)(H,99,113)(H,115,116)/b14-11+,49-17+/t50-,51+,52-,53-,59-,63-,64+,65-,66+,67+,71+,72-,73+,78+,79+,80+,89+,90-/m1/s1. The lowest BCUT2D eigenvalue weighted by molar-refractivity contribution is -0.192. The molecule has 4 heterocycles. The van der Waals surface area contributed by atoms with Gasteiger partial charge in [0.05, 0.1) is 68.7 Å². The van der Waals surface area contributed by atoms with E-state index in [0.29, 0.717) is 64.7 Å². The molecule has 33 nitrogen and oxygen atoms in total. The Morgan fingerprint density at radius 2 is 1.53 bits per heavy atom. The number of aliphatic hydroxyl groups is 3. The number of epoxide rings is 1. The number of unbranched alkanes of at least 4 members (excludes halogenated alkanes) is 1. The number of Topliss-reactive ketones (excluding diaryl/α,β-unsaturated/α-hetero) is 1. The first-order valence-electron chi connectivity index (χ1n) is 42.5. The Balaban J connectivity index is 0.838. The minimum Gasteiger partial charge on any atom is -0.508 e. The number of likely N-dealkylation sites (N-methyl/N-ethyl adjacent to an activating group) is 1. The number of aliphatic carboxylic acids is 1. The van der Waals surface area contributed by atoms with Gasteiger partial charge in [-0.3, -0.25) is 47.9 Å². The van der Waals surface area contributed by atoms with Crippen molar-refractivity contribution in [1.82, 2.24) is 36.8 Å². The van der Waals surface area contributed by atoms with E-state index >= 15 is 9.59 Å². The number of benzene rings is 4. The normalized spacial score (nSPS) is 26.6. The SMILES string of the molecule is COc1cc2cc(c1Cl)N(C)C(=O)C[C@H](OC(=O)[C@H](C)N(C)C(=O)CCSSCCOc1ccc(C[C@@H](N)C(=O)N[C@H]3CSSC[C@@H](C(=O)N[C@H](C(=O)O)[C@@H](C)O)NC(=O)[C@H]([C@@H](C)O)NC(=O)[C@H](CCCCN)NC(=O)[C@@H](CC4=CCc5ccccc54)NC(=O)[C@H](Cc4ccc(O)cc4)CC3=O)cc1)[C@]1(C)O[C@H]1[C@H](C)[C@@H]1C[C@@](O)(CC(=O)O1)[C@H](OC)C/C=C/C=C(\C)C2. The smallest absolute Gasteiger partial charge is 0.328 e. The zero-order valence-corrected chi connectivity index (χ0v) is 77.4. The number of esters is 2. The quantitative estimate of drug-likeness (QED) is 0.0129. The Labute approximate surface area is 765 Å². The fraction of sp³-hybridized carbons (Fsp3) is 0.533. The van der Waals surface area contributed by atoms with Gasteiger partial charge in [0.2, 0.25) is 47.3 Å². The molecule has 4 aromatic carbocycles. The molecular weight excluding hydrogens is 1750 g/mol. The number of allylic oxidation sites excluding steroid dienone is 4. The second-order valence-electron chi connectivity index (χ2n) is 33.2. The van der Waals surface area contributed by atoms with E-state index in [1.807, 2.05) is 55.5 Å². The Hall–Kier alpha value is -9.25. The van der Waals surface area contributed by atoms with E-state index in [2.05, 4.69) is 31.9 Å². The molecule has 0 radical (unpaired) electrons. The van der Waals surface area contributed by atoms with Crippen LogP contribution in [0.3, 0.4) is 0 Å². The fourth-order valence-corrected chi connectivity index (χ4v) is 20.2. The molecule has 0 unspecified atom stereocenters. The van der Waals surface area contributed by atoms with E-state index in [4.69, 9.17) is 51.5 Å². The summed E-state index contributed by atoms with van der Waals surface area (Å²) < 4.78 is 36.0. The van der Waals surface area contributed by atoms with Crippen molar-refractivity contribution in [3.05, 3.63) is 148 Å². The largest absolute Gasteiger partial charge is 0.508 e. The summed E-state index contributed by atoms with van der Waals surface area (Å²) in [7, 11) is 10.7. The topological polar surface area (TPSA) is 495 Å². The number of carboxylic acid groups (broad SMARTS) is 1. The van der Waals surface area contributed by atoms with Crippen LogP contribution in [0.1, 0.15) is 134 Å². The number of ether oxygens (including phenoxy) is 6. The van der Waals surface area contributed by atoms with E-state index in [0.717, 1.165) is 50.8 Å². The number of carbonyl (C=O) groups is 12. The van der Waals surface area contributed by atoms with Crippen molar-refractivity contribution in [2.75, 3.05) is 69.4 Å². The number of aromatic hydroxyl groups is 1. The summed E-state index contributed by atoms with van der Waals surface area (Å²) in [5.74, 6) is -11.1. The summed E-state index contributed by atoms with van der Waals surface area (Å²) >= 11 is 6.90. The van der Waals surface area contributed by atoms with Gasteiger partial charge < -0.3 is 107 Å². The molecule has 9 rings (SSSR count). The van der Waals surface area contributed by atoms with Crippen molar-refractivity contribution < 1.29 is 111 Å². The van der Waals surface area contributed by atoms with Crippen LogP contribution in [0.2, 0.25) is 5.02 Å². The number of methoxy groups -OCH3 is 2. The number of phenolic OH excluding ortho intramolecular Hbond substituents is 1. The molecule has 4 aliphatic heterocycles. The Kier molecular flexibility index (Phi) is 38.5.